The Labute approximate surface area is 104 Å². The normalized spacial score (nSPS) is 14.5. The topological polar surface area (TPSA) is 57.0 Å². The monoisotopic (exact) mass is 243 g/mol. The fourth-order valence-corrected chi connectivity index (χ4v) is 2.06. The number of nitrogens with zero attached hydrogens (tertiary/aromatic N) is 3. The minimum atomic E-state index is 0.409. The van der Waals surface area contributed by atoms with E-state index < -0.39 is 0 Å². The summed E-state index contributed by atoms with van der Waals surface area (Å²) in [5, 5.41) is 8.01. The van der Waals surface area contributed by atoms with Gasteiger partial charge in [0.25, 0.3) is 0 Å². The molecule has 0 aliphatic heterocycles. The molecule has 5 heteroatoms. The van der Waals surface area contributed by atoms with Gasteiger partial charge in [-0.05, 0) is 25.0 Å². The van der Waals surface area contributed by atoms with E-state index in [0.29, 0.717) is 11.6 Å². The number of carbonyl (C=O) groups excluding carboxylic acids is 1. The number of aromatic nitrogens is 3. The lowest BCUT2D eigenvalue weighted by atomic mass is 10.2. The molecule has 0 amide bonds. The van der Waals surface area contributed by atoms with Gasteiger partial charge >= 0.3 is 0 Å². The van der Waals surface area contributed by atoms with Gasteiger partial charge in [0.15, 0.2) is 6.29 Å². The molecule has 18 heavy (non-hydrogen) atoms. The van der Waals surface area contributed by atoms with Crippen molar-refractivity contribution in [3.05, 3.63) is 35.7 Å². The molecule has 0 bridgehead atoms. The van der Waals surface area contributed by atoms with E-state index in [0.717, 1.165) is 36.3 Å². The van der Waals surface area contributed by atoms with Crippen molar-refractivity contribution in [3.63, 3.8) is 0 Å². The molecule has 0 atom stereocenters. The number of methoxy groups -OCH3 is 1. The molecule has 0 saturated heterocycles. The van der Waals surface area contributed by atoms with Crippen molar-refractivity contribution in [2.45, 2.75) is 18.8 Å². The molecular formula is C13H13N3O2. The molecule has 0 spiro atoms. The Balaban J connectivity index is 2.10. The number of aldehydes is 1. The molecule has 1 aliphatic carbocycles. The molecule has 0 radical (unpaired) electrons. The SMILES string of the molecule is COc1cccc(-n2nnc(C=O)c2C2CC2)c1. The van der Waals surface area contributed by atoms with Crippen molar-refractivity contribution in [1.29, 1.82) is 0 Å². The van der Waals surface area contributed by atoms with E-state index in [1.807, 2.05) is 24.3 Å². The maximum Gasteiger partial charge on any atom is 0.172 e. The summed E-state index contributed by atoms with van der Waals surface area (Å²) in [5.41, 5.74) is 2.23. The molecule has 1 saturated carbocycles. The predicted molar refractivity (Wildman–Crippen MR) is 65.3 cm³/mol. The molecule has 3 rings (SSSR count). The van der Waals surface area contributed by atoms with Crippen LogP contribution in [0.25, 0.3) is 5.69 Å². The highest BCUT2D eigenvalue weighted by molar-refractivity contribution is 5.74. The Morgan fingerprint density at radius 1 is 1.44 bits per heavy atom. The Kier molecular flexibility index (Phi) is 2.59. The molecule has 0 N–H and O–H groups in total. The van der Waals surface area contributed by atoms with Gasteiger partial charge in [-0.2, -0.15) is 0 Å². The van der Waals surface area contributed by atoms with Crippen LogP contribution in [0.2, 0.25) is 0 Å². The first-order valence-corrected chi connectivity index (χ1v) is 5.88. The maximum atomic E-state index is 11.0. The van der Waals surface area contributed by atoms with Crippen LogP contribution in [0.1, 0.15) is 34.9 Å². The van der Waals surface area contributed by atoms with Crippen molar-refractivity contribution in [2.24, 2.45) is 0 Å². The zero-order valence-corrected chi connectivity index (χ0v) is 10.0. The van der Waals surface area contributed by atoms with Gasteiger partial charge in [0.1, 0.15) is 11.4 Å². The van der Waals surface area contributed by atoms with Crippen LogP contribution in [0.5, 0.6) is 5.75 Å². The van der Waals surface area contributed by atoms with E-state index in [1.165, 1.54) is 0 Å². The average Bonchev–Trinajstić information content (AvgIpc) is 3.17. The van der Waals surface area contributed by atoms with E-state index in [-0.39, 0.29) is 0 Å². The largest absolute Gasteiger partial charge is 0.497 e. The van der Waals surface area contributed by atoms with E-state index in [9.17, 15) is 4.79 Å². The smallest absolute Gasteiger partial charge is 0.172 e. The third-order valence-corrected chi connectivity index (χ3v) is 3.11. The lowest BCUT2D eigenvalue weighted by Gasteiger charge is -2.07. The van der Waals surface area contributed by atoms with E-state index in [4.69, 9.17) is 4.74 Å². The fourth-order valence-electron chi connectivity index (χ4n) is 2.06. The first kappa shape index (κ1) is 11.0. The van der Waals surface area contributed by atoms with Crippen molar-refractivity contribution >= 4 is 6.29 Å². The van der Waals surface area contributed by atoms with Gasteiger partial charge in [-0.25, -0.2) is 4.68 Å². The molecule has 1 aromatic heterocycles. The minimum absolute atomic E-state index is 0.409. The summed E-state index contributed by atoms with van der Waals surface area (Å²) in [4.78, 5) is 11.0. The Hall–Kier alpha value is -2.17. The Morgan fingerprint density at radius 2 is 2.28 bits per heavy atom. The van der Waals surface area contributed by atoms with Gasteiger partial charge in [0.2, 0.25) is 0 Å². The first-order chi connectivity index (χ1) is 8.83. The van der Waals surface area contributed by atoms with Gasteiger partial charge in [-0.1, -0.05) is 11.3 Å². The molecular weight excluding hydrogens is 230 g/mol. The molecule has 2 aromatic rings. The molecule has 1 heterocycles. The standard InChI is InChI=1S/C13H13N3O2/c1-18-11-4-2-3-10(7-11)16-13(9-5-6-9)12(8-17)14-15-16/h2-4,7-9H,5-6H2,1H3. The van der Waals surface area contributed by atoms with Crippen LogP contribution in [-0.4, -0.2) is 28.4 Å². The van der Waals surface area contributed by atoms with Gasteiger partial charge in [0, 0.05) is 12.0 Å². The van der Waals surface area contributed by atoms with Crippen molar-refractivity contribution < 1.29 is 9.53 Å². The van der Waals surface area contributed by atoms with E-state index in [1.54, 1.807) is 11.8 Å². The Morgan fingerprint density at radius 3 is 2.94 bits per heavy atom. The van der Waals surface area contributed by atoms with Gasteiger partial charge in [0.05, 0.1) is 18.5 Å². The van der Waals surface area contributed by atoms with Crippen LogP contribution >= 0.6 is 0 Å². The van der Waals surface area contributed by atoms with Crippen LogP contribution < -0.4 is 4.74 Å². The zero-order valence-electron chi connectivity index (χ0n) is 10.0. The van der Waals surface area contributed by atoms with Crippen LogP contribution in [0, 0.1) is 0 Å². The molecule has 5 nitrogen and oxygen atoms in total. The minimum Gasteiger partial charge on any atom is -0.497 e. The summed E-state index contributed by atoms with van der Waals surface area (Å²) in [6, 6.07) is 7.58. The molecule has 92 valence electrons. The van der Waals surface area contributed by atoms with Crippen LogP contribution in [0.15, 0.2) is 24.3 Å². The van der Waals surface area contributed by atoms with Crippen LogP contribution in [0.4, 0.5) is 0 Å². The summed E-state index contributed by atoms with van der Waals surface area (Å²) >= 11 is 0. The molecule has 1 fully saturated rings. The van der Waals surface area contributed by atoms with Crippen LogP contribution in [0.3, 0.4) is 0 Å². The summed E-state index contributed by atoms with van der Waals surface area (Å²) in [6.45, 7) is 0. The second-order valence-corrected chi connectivity index (χ2v) is 4.37. The summed E-state index contributed by atoms with van der Waals surface area (Å²) in [6.07, 6.45) is 2.97. The number of hydrogen-bond donors (Lipinski definition) is 0. The average molecular weight is 243 g/mol. The predicted octanol–water partition coefficient (Wildman–Crippen LogP) is 1.97. The van der Waals surface area contributed by atoms with Gasteiger partial charge in [-0.3, -0.25) is 4.79 Å². The number of ether oxygens (including phenoxy) is 1. The maximum absolute atomic E-state index is 11.0. The highest BCUT2D eigenvalue weighted by atomic mass is 16.5. The van der Waals surface area contributed by atoms with Crippen LogP contribution in [-0.2, 0) is 0 Å². The van der Waals surface area contributed by atoms with Gasteiger partial charge < -0.3 is 4.74 Å². The second-order valence-electron chi connectivity index (χ2n) is 4.37. The van der Waals surface area contributed by atoms with Crippen molar-refractivity contribution in [1.82, 2.24) is 15.0 Å². The van der Waals surface area contributed by atoms with Crippen molar-refractivity contribution in [2.75, 3.05) is 7.11 Å². The van der Waals surface area contributed by atoms with E-state index in [2.05, 4.69) is 10.3 Å². The quantitative estimate of drug-likeness (QED) is 0.770. The summed E-state index contributed by atoms with van der Waals surface area (Å²) in [7, 11) is 1.62. The number of rotatable bonds is 4. The highest BCUT2D eigenvalue weighted by Crippen LogP contribution is 2.41. The van der Waals surface area contributed by atoms with Gasteiger partial charge in [-0.15, -0.1) is 5.10 Å². The van der Waals surface area contributed by atoms with E-state index >= 15 is 0 Å². The highest BCUT2D eigenvalue weighted by Gasteiger charge is 2.31. The lowest BCUT2D eigenvalue weighted by Crippen LogP contribution is -2.02. The third-order valence-electron chi connectivity index (χ3n) is 3.11. The zero-order chi connectivity index (χ0) is 12.5. The number of carbonyl (C=O) groups is 1. The first-order valence-electron chi connectivity index (χ1n) is 5.88. The molecule has 1 aromatic carbocycles. The fraction of sp³-hybridized carbons (Fsp3) is 0.308. The number of benzene rings is 1. The third kappa shape index (κ3) is 1.77. The lowest BCUT2D eigenvalue weighted by molar-refractivity contribution is 0.111. The number of hydrogen-bond acceptors (Lipinski definition) is 4. The molecule has 0 unspecified atom stereocenters. The Bertz CT molecular complexity index is 588. The summed E-state index contributed by atoms with van der Waals surface area (Å²) in [5.74, 6) is 1.17. The second kappa shape index (κ2) is 4.25. The van der Waals surface area contributed by atoms with Crippen molar-refractivity contribution in [3.8, 4) is 11.4 Å². The molecule has 1 aliphatic rings. The summed E-state index contributed by atoms with van der Waals surface area (Å²) < 4.78 is 6.93.